The predicted molar refractivity (Wildman–Crippen MR) is 119 cm³/mol. The van der Waals surface area contributed by atoms with Crippen molar-refractivity contribution in [2.75, 3.05) is 30.4 Å². The highest BCUT2D eigenvalue weighted by molar-refractivity contribution is 5.93. The van der Waals surface area contributed by atoms with Gasteiger partial charge in [0.2, 0.25) is 5.91 Å². The fraction of sp³-hybridized carbons (Fsp3) is 0.455. The summed E-state index contributed by atoms with van der Waals surface area (Å²) in [6.07, 6.45) is 6.79. The van der Waals surface area contributed by atoms with Crippen LogP contribution in [-0.4, -0.2) is 41.6 Å². The Morgan fingerprint density at radius 1 is 1.30 bits per heavy atom. The maximum absolute atomic E-state index is 12.8. The van der Waals surface area contributed by atoms with Crippen molar-refractivity contribution in [2.24, 2.45) is 5.92 Å². The van der Waals surface area contributed by atoms with E-state index in [0.29, 0.717) is 12.2 Å². The highest BCUT2D eigenvalue weighted by atomic mass is 16.5. The molecule has 30 heavy (non-hydrogen) atoms. The van der Waals surface area contributed by atoms with Gasteiger partial charge in [-0.05, 0) is 37.5 Å². The maximum Gasteiger partial charge on any atom is 0.325 e. The standard InChI is InChI=1S/C20H24N4O4.C2H6.H2/c1-14-8-17(10-21-9-14)23-7-3-4-15(11-23)20(27)22-16-5-6-18(25)24(12-16)13-19(26)28-2;1-2;/h5-6,8-10,12,15H,3-4,7,11,13H2,1-2H3,(H,22,27);1-2H3;1H/t15-;;/m0../s1. The normalized spacial score (nSPS) is 15.6. The smallest absolute Gasteiger partial charge is 0.325 e. The number of amides is 1. The van der Waals surface area contributed by atoms with E-state index in [1.54, 1.807) is 12.3 Å². The fourth-order valence-electron chi connectivity index (χ4n) is 3.31. The summed E-state index contributed by atoms with van der Waals surface area (Å²) >= 11 is 0. The number of hydrogen-bond acceptors (Lipinski definition) is 6. The number of ether oxygens (including phenoxy) is 1. The van der Waals surface area contributed by atoms with Crippen molar-refractivity contribution >= 4 is 23.3 Å². The fourth-order valence-corrected chi connectivity index (χ4v) is 3.31. The summed E-state index contributed by atoms with van der Waals surface area (Å²) in [5, 5.41) is 2.86. The Labute approximate surface area is 178 Å². The third kappa shape index (κ3) is 6.17. The van der Waals surface area contributed by atoms with E-state index in [4.69, 9.17) is 0 Å². The van der Waals surface area contributed by atoms with Crippen LogP contribution in [0.2, 0.25) is 0 Å². The van der Waals surface area contributed by atoms with Crippen molar-refractivity contribution in [3.8, 4) is 0 Å². The van der Waals surface area contributed by atoms with Crippen molar-refractivity contribution in [3.63, 3.8) is 0 Å². The Morgan fingerprint density at radius 3 is 2.77 bits per heavy atom. The molecule has 3 heterocycles. The van der Waals surface area contributed by atoms with Gasteiger partial charge in [0.25, 0.3) is 5.56 Å². The number of nitrogens with one attached hydrogen (secondary N) is 1. The number of rotatable bonds is 5. The van der Waals surface area contributed by atoms with Crippen LogP contribution in [-0.2, 0) is 20.9 Å². The second kappa shape index (κ2) is 11.1. The Kier molecular flexibility index (Phi) is 8.58. The molecule has 1 fully saturated rings. The molecule has 0 aliphatic carbocycles. The van der Waals surface area contributed by atoms with Crippen LogP contribution in [0, 0.1) is 12.8 Å². The van der Waals surface area contributed by atoms with E-state index in [2.05, 4.69) is 26.0 Å². The number of aryl methyl sites for hydroxylation is 1. The van der Waals surface area contributed by atoms with Crippen LogP contribution >= 0.6 is 0 Å². The summed E-state index contributed by atoms with van der Waals surface area (Å²) < 4.78 is 5.81. The van der Waals surface area contributed by atoms with E-state index in [-0.39, 0.29) is 25.4 Å². The number of methoxy groups -OCH3 is 1. The monoisotopic (exact) mass is 416 g/mol. The summed E-state index contributed by atoms with van der Waals surface area (Å²) in [6, 6.07) is 4.93. The van der Waals surface area contributed by atoms with Crippen molar-refractivity contribution < 1.29 is 15.8 Å². The van der Waals surface area contributed by atoms with Gasteiger partial charge in [0.05, 0.1) is 30.6 Å². The minimum absolute atomic E-state index is 0. The number of piperidine rings is 1. The Balaban J connectivity index is 0.00000156. The first-order valence-electron chi connectivity index (χ1n) is 10.2. The van der Waals surface area contributed by atoms with Gasteiger partial charge in [-0.25, -0.2) is 0 Å². The van der Waals surface area contributed by atoms with Crippen LogP contribution in [0.15, 0.2) is 41.6 Å². The first kappa shape index (κ1) is 23.1. The number of nitrogens with zero attached hydrogens (tertiary/aromatic N) is 3. The number of esters is 1. The molecule has 1 atom stereocenters. The molecule has 1 saturated heterocycles. The lowest BCUT2D eigenvalue weighted by atomic mass is 9.96. The van der Waals surface area contributed by atoms with Gasteiger partial charge in [-0.2, -0.15) is 0 Å². The molecule has 0 radical (unpaired) electrons. The molecule has 1 aliphatic rings. The molecular weight excluding hydrogens is 384 g/mol. The Hall–Kier alpha value is -3.16. The molecule has 1 amide bonds. The quantitative estimate of drug-likeness (QED) is 0.754. The number of aromatic nitrogens is 2. The van der Waals surface area contributed by atoms with E-state index >= 15 is 0 Å². The van der Waals surface area contributed by atoms with Gasteiger partial charge in [0.1, 0.15) is 6.54 Å². The number of carbonyl (C=O) groups is 2. The van der Waals surface area contributed by atoms with Gasteiger partial charge in [-0.1, -0.05) is 13.8 Å². The van der Waals surface area contributed by atoms with E-state index in [1.807, 2.05) is 27.0 Å². The summed E-state index contributed by atoms with van der Waals surface area (Å²) in [5.41, 5.74) is 2.24. The topological polar surface area (TPSA) is 93.5 Å². The van der Waals surface area contributed by atoms with Gasteiger partial charge in [-0.15, -0.1) is 0 Å². The number of pyridine rings is 2. The second-order valence-corrected chi connectivity index (χ2v) is 6.95. The molecular formula is C22H32N4O4. The number of carbonyl (C=O) groups excluding carboxylic acids is 2. The van der Waals surface area contributed by atoms with Crippen LogP contribution in [0.25, 0.3) is 0 Å². The van der Waals surface area contributed by atoms with Gasteiger partial charge >= 0.3 is 5.97 Å². The van der Waals surface area contributed by atoms with E-state index in [1.165, 1.54) is 23.9 Å². The Morgan fingerprint density at radius 2 is 2.07 bits per heavy atom. The summed E-state index contributed by atoms with van der Waals surface area (Å²) in [4.78, 5) is 42.5. The average molecular weight is 417 g/mol. The molecule has 2 aromatic heterocycles. The minimum Gasteiger partial charge on any atom is -0.468 e. The molecule has 3 rings (SSSR count). The van der Waals surface area contributed by atoms with Crippen LogP contribution in [0.5, 0.6) is 0 Å². The first-order valence-corrected chi connectivity index (χ1v) is 10.2. The second-order valence-electron chi connectivity index (χ2n) is 6.95. The van der Waals surface area contributed by atoms with E-state index in [9.17, 15) is 14.4 Å². The van der Waals surface area contributed by atoms with Gasteiger partial charge in [0.15, 0.2) is 0 Å². The van der Waals surface area contributed by atoms with Gasteiger partial charge in [-0.3, -0.25) is 19.4 Å². The molecule has 8 heteroatoms. The third-order valence-corrected chi connectivity index (χ3v) is 4.80. The molecule has 0 aromatic carbocycles. The minimum atomic E-state index is -0.528. The maximum atomic E-state index is 12.8. The molecule has 164 valence electrons. The molecule has 2 aromatic rings. The average Bonchev–Trinajstić information content (AvgIpc) is 2.77. The van der Waals surface area contributed by atoms with E-state index in [0.717, 1.165) is 30.6 Å². The Bertz CT molecular complexity index is 932. The third-order valence-electron chi connectivity index (χ3n) is 4.80. The van der Waals surface area contributed by atoms with E-state index < -0.39 is 5.97 Å². The van der Waals surface area contributed by atoms with Crippen LogP contribution in [0.3, 0.4) is 0 Å². The van der Waals surface area contributed by atoms with Gasteiger partial charge in [0, 0.05) is 33.0 Å². The lowest BCUT2D eigenvalue weighted by Gasteiger charge is -2.33. The molecule has 1 N–H and O–H groups in total. The molecule has 0 spiro atoms. The summed E-state index contributed by atoms with van der Waals surface area (Å²) in [5.74, 6) is -0.802. The summed E-state index contributed by atoms with van der Waals surface area (Å²) in [6.45, 7) is 7.29. The SMILES string of the molecule is CC.COC(=O)Cn1cc(NC(=O)[C@H]2CCCN(c3cncc(C)c3)C2)ccc1=O.[HH]. The van der Waals surface area contributed by atoms with Gasteiger partial charge < -0.3 is 19.5 Å². The molecule has 0 saturated carbocycles. The van der Waals surface area contributed by atoms with Crippen LogP contribution < -0.4 is 15.8 Å². The zero-order valence-corrected chi connectivity index (χ0v) is 18.1. The lowest BCUT2D eigenvalue weighted by molar-refractivity contribution is -0.141. The summed E-state index contributed by atoms with van der Waals surface area (Å²) in [7, 11) is 1.26. The largest absolute Gasteiger partial charge is 0.468 e. The molecule has 1 aliphatic heterocycles. The van der Waals surface area contributed by atoms with Crippen LogP contribution in [0.1, 0.15) is 33.7 Å². The van der Waals surface area contributed by atoms with Crippen molar-refractivity contribution in [3.05, 3.63) is 52.7 Å². The predicted octanol–water partition coefficient (Wildman–Crippen LogP) is 2.85. The van der Waals surface area contributed by atoms with Crippen LogP contribution in [0.4, 0.5) is 11.4 Å². The van der Waals surface area contributed by atoms with Crippen molar-refractivity contribution in [2.45, 2.75) is 40.2 Å². The number of hydrogen-bond donors (Lipinski definition) is 1. The number of anilines is 2. The van der Waals surface area contributed by atoms with Crippen molar-refractivity contribution in [1.82, 2.24) is 9.55 Å². The first-order chi connectivity index (χ1) is 14.5. The zero-order valence-electron chi connectivity index (χ0n) is 18.1. The molecule has 0 unspecified atom stereocenters. The highest BCUT2D eigenvalue weighted by Gasteiger charge is 2.26. The van der Waals surface area contributed by atoms with Crippen molar-refractivity contribution in [1.29, 1.82) is 0 Å². The molecule has 8 nitrogen and oxygen atoms in total. The molecule has 0 bridgehead atoms. The lowest BCUT2D eigenvalue weighted by Crippen LogP contribution is -2.41. The highest BCUT2D eigenvalue weighted by Crippen LogP contribution is 2.24. The zero-order chi connectivity index (χ0) is 22.1.